The monoisotopic (exact) mass is 1000 g/mol. The number of aliphatic hydroxyl groups is 2. The SMILES string of the molecule is CCCC/C=C\CCCCCCCC(=O)OC1C(OCC(COC(=O)CCCCCCCCCCC/C=C\C/C=C\CCCCC)OC(=O)CCCCCCCCCCCCC)OC(C(=O)O)C(O)C1O. The Morgan fingerprint density at radius 1 is 0.465 bits per heavy atom. The van der Waals surface area contributed by atoms with Gasteiger partial charge in [0.25, 0.3) is 0 Å². The van der Waals surface area contributed by atoms with E-state index in [9.17, 15) is 34.5 Å². The van der Waals surface area contributed by atoms with E-state index < -0.39 is 67.3 Å². The number of ether oxygens (including phenoxy) is 5. The van der Waals surface area contributed by atoms with Crippen molar-refractivity contribution in [2.75, 3.05) is 13.2 Å². The molecule has 1 fully saturated rings. The summed E-state index contributed by atoms with van der Waals surface area (Å²) in [5.41, 5.74) is 0. The van der Waals surface area contributed by atoms with Crippen LogP contribution in [0.3, 0.4) is 0 Å². The van der Waals surface area contributed by atoms with Gasteiger partial charge in [-0.1, -0.05) is 211 Å². The highest BCUT2D eigenvalue weighted by molar-refractivity contribution is 5.74. The van der Waals surface area contributed by atoms with Crippen LogP contribution in [0.4, 0.5) is 0 Å². The van der Waals surface area contributed by atoms with Crippen LogP contribution in [0.1, 0.15) is 265 Å². The standard InChI is InChI=1S/C59H104O12/c1-4-7-10-13-16-19-22-23-24-25-26-27-28-29-32-33-36-39-42-45-51(60)67-48-50(69-52(61)46-43-40-37-34-30-20-17-14-11-8-5-2)49-68-59-57(55(64)54(63)56(71-59)58(65)66)70-53(62)47-44-41-38-35-31-21-18-15-12-9-6-3/h15-16,18-19,23-24,50,54-57,59,63-64H,4-14,17,20-22,25-49H2,1-3H3,(H,65,66)/b18-15-,19-16-,24-23-. The molecule has 6 unspecified atom stereocenters. The van der Waals surface area contributed by atoms with Crippen LogP contribution in [-0.2, 0) is 42.9 Å². The highest BCUT2D eigenvalue weighted by Crippen LogP contribution is 2.26. The Kier molecular flexibility index (Phi) is 44.5. The Bertz CT molecular complexity index is 1380. The van der Waals surface area contributed by atoms with Gasteiger partial charge < -0.3 is 39.0 Å². The highest BCUT2D eigenvalue weighted by Gasteiger charge is 2.50. The molecule has 12 heteroatoms. The zero-order valence-electron chi connectivity index (χ0n) is 45.2. The fourth-order valence-electron chi connectivity index (χ4n) is 8.67. The van der Waals surface area contributed by atoms with Gasteiger partial charge in [0.1, 0.15) is 18.8 Å². The third kappa shape index (κ3) is 38.2. The maximum absolute atomic E-state index is 13.1. The molecule has 0 saturated carbocycles. The molecule has 412 valence electrons. The van der Waals surface area contributed by atoms with Crippen molar-refractivity contribution in [3.05, 3.63) is 36.5 Å². The van der Waals surface area contributed by atoms with Gasteiger partial charge in [-0.25, -0.2) is 4.79 Å². The zero-order valence-corrected chi connectivity index (χ0v) is 45.2. The fraction of sp³-hybridized carbons (Fsp3) is 0.831. The lowest BCUT2D eigenvalue weighted by Crippen LogP contribution is -2.61. The molecule has 0 bridgehead atoms. The Morgan fingerprint density at radius 2 is 0.859 bits per heavy atom. The van der Waals surface area contributed by atoms with Crippen LogP contribution in [0.5, 0.6) is 0 Å². The topological polar surface area (TPSA) is 175 Å². The minimum absolute atomic E-state index is 0.0524. The van der Waals surface area contributed by atoms with Crippen LogP contribution in [0.15, 0.2) is 36.5 Å². The first-order chi connectivity index (χ1) is 34.6. The second-order valence-electron chi connectivity index (χ2n) is 19.9. The van der Waals surface area contributed by atoms with Crippen molar-refractivity contribution >= 4 is 23.9 Å². The van der Waals surface area contributed by atoms with Crippen molar-refractivity contribution in [2.45, 2.75) is 302 Å². The molecule has 12 nitrogen and oxygen atoms in total. The number of rotatable bonds is 49. The summed E-state index contributed by atoms with van der Waals surface area (Å²) >= 11 is 0. The van der Waals surface area contributed by atoms with Crippen LogP contribution < -0.4 is 0 Å². The first kappa shape index (κ1) is 66.0. The minimum atomic E-state index is -1.90. The van der Waals surface area contributed by atoms with E-state index >= 15 is 0 Å². The van der Waals surface area contributed by atoms with Crippen LogP contribution >= 0.6 is 0 Å². The zero-order chi connectivity index (χ0) is 51.8. The van der Waals surface area contributed by atoms with Gasteiger partial charge in [0.15, 0.2) is 24.6 Å². The van der Waals surface area contributed by atoms with Gasteiger partial charge in [-0.05, 0) is 70.6 Å². The Labute approximate surface area is 431 Å². The number of aliphatic hydroxyl groups excluding tert-OH is 2. The smallest absolute Gasteiger partial charge is 0.335 e. The maximum atomic E-state index is 13.1. The lowest BCUT2D eigenvalue weighted by atomic mass is 9.98. The quantitative estimate of drug-likeness (QED) is 0.0228. The number of hydrogen-bond acceptors (Lipinski definition) is 11. The average Bonchev–Trinajstić information content (AvgIpc) is 3.35. The third-order valence-corrected chi connectivity index (χ3v) is 13.2. The summed E-state index contributed by atoms with van der Waals surface area (Å²) in [5, 5.41) is 31.4. The Balaban J connectivity index is 2.65. The molecular weight excluding hydrogens is 901 g/mol. The van der Waals surface area contributed by atoms with Gasteiger partial charge in [0, 0.05) is 19.3 Å². The van der Waals surface area contributed by atoms with E-state index in [-0.39, 0.29) is 25.9 Å². The van der Waals surface area contributed by atoms with E-state index in [1.807, 2.05) is 0 Å². The van der Waals surface area contributed by atoms with Crippen LogP contribution in [0, 0.1) is 0 Å². The molecule has 1 aliphatic rings. The molecule has 71 heavy (non-hydrogen) atoms. The summed E-state index contributed by atoms with van der Waals surface area (Å²) in [6.07, 6.45) is 42.7. The third-order valence-electron chi connectivity index (χ3n) is 13.2. The normalized spacial score (nSPS) is 18.7. The van der Waals surface area contributed by atoms with Crippen LogP contribution in [0.25, 0.3) is 0 Å². The van der Waals surface area contributed by atoms with Crippen molar-refractivity contribution in [2.24, 2.45) is 0 Å². The number of carbonyl (C=O) groups is 4. The van der Waals surface area contributed by atoms with E-state index in [4.69, 9.17) is 23.7 Å². The van der Waals surface area contributed by atoms with Gasteiger partial charge in [-0.2, -0.15) is 0 Å². The van der Waals surface area contributed by atoms with E-state index in [2.05, 4.69) is 57.2 Å². The number of carboxylic acids is 1. The summed E-state index contributed by atoms with van der Waals surface area (Å²) in [7, 11) is 0. The lowest BCUT2D eigenvalue weighted by Gasteiger charge is -2.40. The molecule has 0 aromatic carbocycles. The number of aliphatic carboxylic acids is 1. The van der Waals surface area contributed by atoms with E-state index in [0.717, 1.165) is 89.9 Å². The largest absolute Gasteiger partial charge is 0.479 e. The average molecular weight is 1010 g/mol. The van der Waals surface area contributed by atoms with Gasteiger partial charge in [0.2, 0.25) is 0 Å². The number of carbonyl (C=O) groups excluding carboxylic acids is 3. The van der Waals surface area contributed by atoms with Crippen molar-refractivity contribution in [3.8, 4) is 0 Å². The van der Waals surface area contributed by atoms with E-state index in [1.54, 1.807) is 0 Å². The van der Waals surface area contributed by atoms with Gasteiger partial charge in [0.05, 0.1) is 6.61 Å². The number of carboxylic acid groups (broad SMARTS) is 1. The van der Waals surface area contributed by atoms with Crippen molar-refractivity contribution in [1.82, 2.24) is 0 Å². The summed E-state index contributed by atoms with van der Waals surface area (Å²) < 4.78 is 28.4. The number of unbranched alkanes of at least 4 members (excludes halogenated alkanes) is 29. The number of esters is 3. The molecule has 0 aromatic rings. The predicted octanol–water partition coefficient (Wildman–Crippen LogP) is 14.5. The van der Waals surface area contributed by atoms with Crippen molar-refractivity contribution in [3.63, 3.8) is 0 Å². The molecule has 3 N–H and O–H groups in total. The Hall–Kier alpha value is -3.06. The second-order valence-corrected chi connectivity index (χ2v) is 19.9. The summed E-state index contributed by atoms with van der Waals surface area (Å²) in [5.74, 6) is -3.12. The molecule has 0 spiro atoms. The van der Waals surface area contributed by atoms with Crippen LogP contribution in [-0.4, -0.2) is 89.2 Å². The molecule has 1 aliphatic heterocycles. The molecular formula is C59H104O12. The van der Waals surface area contributed by atoms with Crippen molar-refractivity contribution < 1.29 is 58.2 Å². The molecule has 0 aliphatic carbocycles. The maximum Gasteiger partial charge on any atom is 0.335 e. The van der Waals surface area contributed by atoms with E-state index in [1.165, 1.54) is 116 Å². The summed E-state index contributed by atoms with van der Waals surface area (Å²) in [6, 6.07) is 0. The summed E-state index contributed by atoms with van der Waals surface area (Å²) in [6.45, 7) is 5.91. The van der Waals surface area contributed by atoms with Crippen molar-refractivity contribution in [1.29, 1.82) is 0 Å². The molecule has 1 saturated heterocycles. The predicted molar refractivity (Wildman–Crippen MR) is 285 cm³/mol. The van der Waals surface area contributed by atoms with Gasteiger partial charge >= 0.3 is 23.9 Å². The molecule has 1 rings (SSSR count). The Morgan fingerprint density at radius 3 is 1.35 bits per heavy atom. The second kappa shape index (κ2) is 47.9. The van der Waals surface area contributed by atoms with E-state index in [0.29, 0.717) is 19.3 Å². The minimum Gasteiger partial charge on any atom is -0.479 e. The first-order valence-electron chi connectivity index (χ1n) is 29.0. The number of allylic oxidation sites excluding steroid dienone is 6. The molecule has 0 amide bonds. The summed E-state index contributed by atoms with van der Waals surface area (Å²) in [4.78, 5) is 50.9. The number of hydrogen-bond donors (Lipinski definition) is 3. The molecule has 1 heterocycles. The van der Waals surface area contributed by atoms with Gasteiger partial charge in [-0.3, -0.25) is 14.4 Å². The molecule has 0 aromatic heterocycles. The molecule has 6 atom stereocenters. The van der Waals surface area contributed by atoms with Gasteiger partial charge in [-0.15, -0.1) is 0 Å². The van der Waals surface area contributed by atoms with Crippen LogP contribution in [0.2, 0.25) is 0 Å². The lowest BCUT2D eigenvalue weighted by molar-refractivity contribution is -0.301. The fourth-order valence-corrected chi connectivity index (χ4v) is 8.67. The first-order valence-corrected chi connectivity index (χ1v) is 29.0. The molecule has 0 radical (unpaired) electrons. The highest BCUT2D eigenvalue weighted by atomic mass is 16.7.